The number of fused-ring (bicyclic) bond motifs is 1. The molecule has 2 aromatic carbocycles. The van der Waals surface area contributed by atoms with Gasteiger partial charge in [-0.05, 0) is 43.2 Å². The van der Waals surface area contributed by atoms with Crippen molar-refractivity contribution in [3.63, 3.8) is 0 Å². The van der Waals surface area contributed by atoms with E-state index in [1.165, 1.54) is 0 Å². The van der Waals surface area contributed by atoms with Crippen LogP contribution in [0, 0.1) is 0 Å². The smallest absolute Gasteiger partial charge is 0.273 e. The summed E-state index contributed by atoms with van der Waals surface area (Å²) in [5, 5.41) is 18.2. The highest BCUT2D eigenvalue weighted by atomic mass is 35.5. The lowest BCUT2D eigenvalue weighted by atomic mass is 9.95. The number of nitrogens with one attached hydrogen (secondary N) is 1. The first kappa shape index (κ1) is 19.5. The number of rotatable bonds is 7. The molecule has 1 aromatic heterocycles. The van der Waals surface area contributed by atoms with Crippen LogP contribution in [0.5, 0.6) is 5.75 Å². The Balaban J connectivity index is 1.79. The lowest BCUT2D eigenvalue weighted by molar-refractivity contribution is 0.0710. The van der Waals surface area contributed by atoms with E-state index in [2.05, 4.69) is 10.2 Å². The summed E-state index contributed by atoms with van der Waals surface area (Å²) < 4.78 is 5.44. The minimum absolute atomic E-state index is 0.115. The first-order valence-electron chi connectivity index (χ1n) is 9.62. The number of phenols is 1. The Hall–Kier alpha value is -2.83. The number of hydrogen-bond acceptors (Lipinski definition) is 4. The Labute approximate surface area is 174 Å². The number of hydrogen-bond donors (Lipinski definition) is 2. The quantitative estimate of drug-likeness (QED) is 0.564. The lowest BCUT2D eigenvalue weighted by Gasteiger charge is -2.26. The molecule has 1 aliphatic rings. The predicted octanol–water partition coefficient (Wildman–Crippen LogP) is 4.41. The molecule has 7 heteroatoms. The third kappa shape index (κ3) is 3.61. The number of H-pyrrole nitrogens is 1. The van der Waals surface area contributed by atoms with Gasteiger partial charge in [0.25, 0.3) is 5.91 Å². The number of phenolic OH excluding ortho intramolecular Hbond substituents is 1. The van der Waals surface area contributed by atoms with Crippen LogP contribution in [0.15, 0.2) is 48.5 Å². The number of amides is 1. The molecular weight excluding hydrogens is 390 g/mol. The highest BCUT2D eigenvalue weighted by Gasteiger charge is 2.42. The van der Waals surface area contributed by atoms with Gasteiger partial charge in [-0.2, -0.15) is 5.10 Å². The molecule has 1 amide bonds. The van der Waals surface area contributed by atoms with Gasteiger partial charge in [0.15, 0.2) is 0 Å². The summed E-state index contributed by atoms with van der Waals surface area (Å²) in [5.74, 6) is 0.00420. The predicted molar refractivity (Wildman–Crippen MR) is 111 cm³/mol. The minimum atomic E-state index is -0.341. The minimum Gasteiger partial charge on any atom is -0.507 e. The van der Waals surface area contributed by atoms with Gasteiger partial charge >= 0.3 is 0 Å². The Bertz CT molecular complexity index is 1030. The maximum absolute atomic E-state index is 13.2. The molecule has 6 nitrogen and oxygen atoms in total. The van der Waals surface area contributed by atoms with Crippen LogP contribution in [0.4, 0.5) is 0 Å². The van der Waals surface area contributed by atoms with E-state index in [1.807, 2.05) is 42.2 Å². The molecule has 150 valence electrons. The normalized spacial score (nSPS) is 15.7. The van der Waals surface area contributed by atoms with Crippen LogP contribution in [0.2, 0.25) is 5.02 Å². The summed E-state index contributed by atoms with van der Waals surface area (Å²) in [6, 6.07) is 14.2. The molecular formula is C22H22ClN3O3. The Kier molecular flexibility index (Phi) is 5.56. The van der Waals surface area contributed by atoms with Gasteiger partial charge in [-0.25, -0.2) is 0 Å². The molecule has 2 N–H and O–H groups in total. The van der Waals surface area contributed by atoms with Crippen molar-refractivity contribution in [3.8, 4) is 17.0 Å². The third-order valence-electron chi connectivity index (χ3n) is 5.08. The van der Waals surface area contributed by atoms with E-state index >= 15 is 0 Å². The molecule has 0 bridgehead atoms. The van der Waals surface area contributed by atoms with Crippen molar-refractivity contribution in [1.82, 2.24) is 15.1 Å². The second-order valence-corrected chi connectivity index (χ2v) is 7.32. The molecule has 4 rings (SSSR count). The van der Waals surface area contributed by atoms with Gasteiger partial charge in [0.2, 0.25) is 0 Å². The molecule has 0 spiro atoms. The average Bonchev–Trinajstić information content (AvgIpc) is 3.25. The van der Waals surface area contributed by atoms with Crippen LogP contribution >= 0.6 is 11.6 Å². The van der Waals surface area contributed by atoms with Crippen LogP contribution in [0.3, 0.4) is 0 Å². The molecule has 1 unspecified atom stereocenters. The van der Waals surface area contributed by atoms with Crippen molar-refractivity contribution >= 4 is 17.5 Å². The summed E-state index contributed by atoms with van der Waals surface area (Å²) in [7, 11) is 0. The fourth-order valence-electron chi connectivity index (χ4n) is 3.81. The number of carbonyl (C=O) groups is 1. The molecule has 2 heterocycles. The largest absolute Gasteiger partial charge is 0.507 e. The standard InChI is InChI=1S/C22H22ClN3O3/c1-2-29-12-6-11-26-21(14-7-5-8-15(23)13-14)18-19(24-25-20(18)22(26)28)16-9-3-4-10-17(16)27/h3-5,7-10,13,21,27H,2,6,11-12H2,1H3,(H,24,25). The van der Waals surface area contributed by atoms with Crippen molar-refractivity contribution < 1.29 is 14.6 Å². The second-order valence-electron chi connectivity index (χ2n) is 6.88. The van der Waals surface area contributed by atoms with E-state index in [1.54, 1.807) is 18.2 Å². The average molecular weight is 412 g/mol. The fraction of sp³-hybridized carbons (Fsp3) is 0.273. The van der Waals surface area contributed by atoms with E-state index in [0.29, 0.717) is 41.7 Å². The van der Waals surface area contributed by atoms with E-state index in [0.717, 1.165) is 17.5 Å². The number of aromatic amines is 1. The summed E-state index contributed by atoms with van der Waals surface area (Å²) in [6.45, 7) is 3.72. The van der Waals surface area contributed by atoms with Gasteiger partial charge in [-0.3, -0.25) is 9.89 Å². The maximum Gasteiger partial charge on any atom is 0.273 e. The first-order valence-corrected chi connectivity index (χ1v) is 10.0. The zero-order valence-corrected chi connectivity index (χ0v) is 16.8. The third-order valence-corrected chi connectivity index (χ3v) is 5.31. The lowest BCUT2D eigenvalue weighted by Crippen LogP contribution is -2.31. The first-order chi connectivity index (χ1) is 14.1. The molecule has 1 aliphatic heterocycles. The SMILES string of the molecule is CCOCCCN1C(=O)c2[nH]nc(-c3ccccc3O)c2C1c1cccc(Cl)c1. The fourth-order valence-corrected chi connectivity index (χ4v) is 4.01. The number of aromatic nitrogens is 2. The Morgan fingerprint density at radius 3 is 2.83 bits per heavy atom. The number of benzene rings is 2. The highest BCUT2D eigenvalue weighted by Crippen LogP contribution is 2.44. The summed E-state index contributed by atoms with van der Waals surface area (Å²) >= 11 is 6.25. The Morgan fingerprint density at radius 2 is 2.07 bits per heavy atom. The number of nitrogens with zero attached hydrogens (tertiary/aromatic N) is 2. The van der Waals surface area contributed by atoms with E-state index < -0.39 is 0 Å². The Morgan fingerprint density at radius 1 is 1.24 bits per heavy atom. The molecule has 0 radical (unpaired) electrons. The molecule has 0 aliphatic carbocycles. The van der Waals surface area contributed by atoms with Crippen LogP contribution in [-0.4, -0.2) is 45.9 Å². The van der Waals surface area contributed by atoms with Crippen molar-refractivity contribution in [3.05, 3.63) is 70.4 Å². The zero-order chi connectivity index (χ0) is 20.4. The summed E-state index contributed by atoms with van der Waals surface area (Å²) in [6.07, 6.45) is 0.722. The van der Waals surface area contributed by atoms with Crippen LogP contribution in [-0.2, 0) is 4.74 Å². The van der Waals surface area contributed by atoms with E-state index in [-0.39, 0.29) is 17.7 Å². The van der Waals surface area contributed by atoms with E-state index in [4.69, 9.17) is 16.3 Å². The van der Waals surface area contributed by atoms with Gasteiger partial charge in [0.05, 0.1) is 6.04 Å². The molecule has 0 saturated carbocycles. The van der Waals surface area contributed by atoms with Crippen molar-refractivity contribution in [2.24, 2.45) is 0 Å². The van der Waals surface area contributed by atoms with Gasteiger partial charge in [-0.1, -0.05) is 35.9 Å². The maximum atomic E-state index is 13.2. The van der Waals surface area contributed by atoms with Crippen molar-refractivity contribution in [1.29, 1.82) is 0 Å². The zero-order valence-electron chi connectivity index (χ0n) is 16.1. The monoisotopic (exact) mass is 411 g/mol. The van der Waals surface area contributed by atoms with Crippen LogP contribution in [0.1, 0.15) is 41.0 Å². The molecule has 0 fully saturated rings. The molecule has 3 aromatic rings. The van der Waals surface area contributed by atoms with Crippen LogP contribution in [0.25, 0.3) is 11.3 Å². The van der Waals surface area contributed by atoms with Gasteiger partial charge < -0.3 is 14.7 Å². The molecule has 29 heavy (non-hydrogen) atoms. The number of para-hydroxylation sites is 1. The van der Waals surface area contributed by atoms with E-state index in [9.17, 15) is 9.90 Å². The summed E-state index contributed by atoms with van der Waals surface area (Å²) in [5.41, 5.74) is 3.27. The van der Waals surface area contributed by atoms with Gasteiger partial charge in [-0.15, -0.1) is 0 Å². The van der Waals surface area contributed by atoms with Gasteiger partial charge in [0, 0.05) is 35.9 Å². The van der Waals surface area contributed by atoms with Crippen molar-refractivity contribution in [2.75, 3.05) is 19.8 Å². The molecule has 0 saturated heterocycles. The topological polar surface area (TPSA) is 78.5 Å². The number of aromatic hydroxyl groups is 1. The second kappa shape index (κ2) is 8.27. The summed E-state index contributed by atoms with van der Waals surface area (Å²) in [4.78, 5) is 15.0. The molecule has 1 atom stereocenters. The number of halogens is 1. The number of carbonyl (C=O) groups excluding carboxylic acids is 1. The van der Waals surface area contributed by atoms with Gasteiger partial charge in [0.1, 0.15) is 17.1 Å². The van der Waals surface area contributed by atoms with Crippen LogP contribution < -0.4 is 0 Å². The highest BCUT2D eigenvalue weighted by molar-refractivity contribution is 6.30. The number of ether oxygens (including phenoxy) is 1. The van der Waals surface area contributed by atoms with Crippen molar-refractivity contribution in [2.45, 2.75) is 19.4 Å².